The Labute approximate surface area is 190 Å². The molecule has 0 unspecified atom stereocenters. The number of carbonyl (C=O) groups is 2. The van der Waals surface area contributed by atoms with Gasteiger partial charge in [0.15, 0.2) is 0 Å². The van der Waals surface area contributed by atoms with Crippen LogP contribution in [-0.4, -0.2) is 46.3 Å². The molecule has 2 aromatic carbocycles. The van der Waals surface area contributed by atoms with Crippen molar-refractivity contribution in [3.8, 4) is 11.3 Å². The Bertz CT molecular complexity index is 1110. The van der Waals surface area contributed by atoms with Crippen molar-refractivity contribution in [2.75, 3.05) is 24.7 Å². The number of fused-ring (bicyclic) bond motifs is 1. The average Bonchev–Trinajstić information content (AvgIpc) is 3.27. The summed E-state index contributed by atoms with van der Waals surface area (Å²) >= 11 is 1.48. The predicted octanol–water partition coefficient (Wildman–Crippen LogP) is 4.75. The maximum absolute atomic E-state index is 13.1. The topological polar surface area (TPSA) is 78.1 Å². The highest BCUT2D eigenvalue weighted by Crippen LogP contribution is 2.32. The van der Waals surface area contributed by atoms with Crippen LogP contribution in [0, 0.1) is 5.82 Å². The van der Waals surface area contributed by atoms with Gasteiger partial charge in [0.25, 0.3) is 5.91 Å². The highest BCUT2D eigenvalue weighted by molar-refractivity contribution is 8.00. The standard InChI is InChI=1S/C24H25FN4O2S/c1-29(24(31)17-8-11-22-21(13-17)26-23(30)15-32-22)12-4-2-3-5-19-14-20(28-27-19)16-6-9-18(25)10-7-16/h6-11,13-14H,2-5,12,15H2,1H3,(H,26,30)(H,27,28). The van der Waals surface area contributed by atoms with Gasteiger partial charge in [-0.1, -0.05) is 6.42 Å². The van der Waals surface area contributed by atoms with Crippen LogP contribution in [-0.2, 0) is 11.2 Å². The number of aryl methyl sites for hydroxylation is 1. The largest absolute Gasteiger partial charge is 0.342 e. The van der Waals surface area contributed by atoms with Gasteiger partial charge in [-0.15, -0.1) is 11.8 Å². The molecule has 4 rings (SSSR count). The number of thioether (sulfide) groups is 1. The van der Waals surface area contributed by atoms with E-state index in [4.69, 9.17) is 0 Å². The van der Waals surface area contributed by atoms with Gasteiger partial charge >= 0.3 is 0 Å². The second-order valence-corrected chi connectivity index (χ2v) is 8.89. The fraction of sp³-hybridized carbons (Fsp3) is 0.292. The van der Waals surface area contributed by atoms with Gasteiger partial charge in [0.2, 0.25) is 5.91 Å². The van der Waals surface area contributed by atoms with E-state index in [1.807, 2.05) is 18.2 Å². The number of H-pyrrole nitrogens is 1. The first kappa shape index (κ1) is 22.1. The predicted molar refractivity (Wildman–Crippen MR) is 124 cm³/mol. The van der Waals surface area contributed by atoms with Crippen LogP contribution in [0.1, 0.15) is 35.3 Å². The number of rotatable bonds is 8. The summed E-state index contributed by atoms with van der Waals surface area (Å²) in [7, 11) is 1.80. The van der Waals surface area contributed by atoms with Crippen LogP contribution in [0.15, 0.2) is 53.4 Å². The number of amides is 2. The van der Waals surface area contributed by atoms with E-state index in [-0.39, 0.29) is 17.6 Å². The third-order valence-corrected chi connectivity index (χ3v) is 6.49. The minimum Gasteiger partial charge on any atom is -0.342 e. The summed E-state index contributed by atoms with van der Waals surface area (Å²) in [4.78, 5) is 27.0. The molecule has 8 heteroatoms. The lowest BCUT2D eigenvalue weighted by atomic mass is 10.1. The fourth-order valence-electron chi connectivity index (χ4n) is 3.64. The van der Waals surface area contributed by atoms with Crippen LogP contribution < -0.4 is 5.32 Å². The summed E-state index contributed by atoms with van der Waals surface area (Å²) < 4.78 is 13.1. The van der Waals surface area contributed by atoms with Crippen molar-refractivity contribution < 1.29 is 14.0 Å². The molecule has 166 valence electrons. The molecule has 2 amide bonds. The molecule has 0 atom stereocenters. The molecule has 0 aliphatic carbocycles. The van der Waals surface area contributed by atoms with Gasteiger partial charge in [0.1, 0.15) is 5.82 Å². The number of carbonyl (C=O) groups excluding carboxylic acids is 2. The molecule has 2 heterocycles. The normalized spacial score (nSPS) is 12.9. The van der Waals surface area contributed by atoms with Crippen LogP contribution in [0.5, 0.6) is 0 Å². The van der Waals surface area contributed by atoms with Crippen molar-refractivity contribution in [1.82, 2.24) is 15.1 Å². The summed E-state index contributed by atoms with van der Waals surface area (Å²) in [5.41, 5.74) is 4.03. The summed E-state index contributed by atoms with van der Waals surface area (Å²) in [6.45, 7) is 0.667. The molecule has 2 N–H and O–H groups in total. The van der Waals surface area contributed by atoms with E-state index in [9.17, 15) is 14.0 Å². The molecule has 1 aliphatic rings. The SMILES string of the molecule is CN(CCCCCc1cc(-c2ccc(F)cc2)n[nH]1)C(=O)c1ccc2c(c1)NC(=O)CS2. The molecule has 0 saturated carbocycles. The first-order valence-electron chi connectivity index (χ1n) is 10.6. The Kier molecular flexibility index (Phi) is 6.90. The molecule has 1 aromatic heterocycles. The second kappa shape index (κ2) is 9.99. The fourth-order valence-corrected chi connectivity index (χ4v) is 4.43. The highest BCUT2D eigenvalue weighted by atomic mass is 32.2. The van der Waals surface area contributed by atoms with Gasteiger partial charge in [-0.25, -0.2) is 4.39 Å². The van der Waals surface area contributed by atoms with Gasteiger partial charge < -0.3 is 10.2 Å². The van der Waals surface area contributed by atoms with E-state index in [0.29, 0.717) is 23.5 Å². The highest BCUT2D eigenvalue weighted by Gasteiger charge is 2.18. The van der Waals surface area contributed by atoms with Crippen molar-refractivity contribution in [3.05, 3.63) is 65.6 Å². The monoisotopic (exact) mass is 452 g/mol. The van der Waals surface area contributed by atoms with E-state index < -0.39 is 0 Å². The van der Waals surface area contributed by atoms with E-state index in [1.165, 1.54) is 23.9 Å². The van der Waals surface area contributed by atoms with Crippen LogP contribution in [0.3, 0.4) is 0 Å². The van der Waals surface area contributed by atoms with E-state index in [2.05, 4.69) is 15.5 Å². The Morgan fingerprint density at radius 3 is 2.75 bits per heavy atom. The molecular formula is C24H25FN4O2S. The Morgan fingerprint density at radius 1 is 1.12 bits per heavy atom. The van der Waals surface area contributed by atoms with E-state index >= 15 is 0 Å². The van der Waals surface area contributed by atoms with E-state index in [0.717, 1.165) is 47.5 Å². The minimum atomic E-state index is -0.259. The van der Waals surface area contributed by atoms with Gasteiger partial charge in [-0.3, -0.25) is 14.7 Å². The van der Waals surface area contributed by atoms with Crippen molar-refractivity contribution in [2.45, 2.75) is 30.6 Å². The van der Waals surface area contributed by atoms with Crippen molar-refractivity contribution in [3.63, 3.8) is 0 Å². The summed E-state index contributed by atoms with van der Waals surface area (Å²) in [5.74, 6) is 0.0646. The molecule has 0 spiro atoms. The van der Waals surface area contributed by atoms with Gasteiger partial charge in [-0.2, -0.15) is 5.10 Å². The molecule has 0 fully saturated rings. The maximum atomic E-state index is 13.1. The maximum Gasteiger partial charge on any atom is 0.253 e. The Hall–Kier alpha value is -3.13. The minimum absolute atomic E-state index is 0.0393. The summed E-state index contributed by atoms with van der Waals surface area (Å²) in [5, 5.41) is 10.2. The number of nitrogens with one attached hydrogen (secondary N) is 2. The molecule has 0 radical (unpaired) electrons. The molecule has 0 saturated heterocycles. The number of unbranched alkanes of at least 4 members (excludes halogenated alkanes) is 2. The average molecular weight is 453 g/mol. The number of anilines is 1. The van der Waals surface area contributed by atoms with Gasteiger partial charge in [0.05, 0.1) is 17.1 Å². The van der Waals surface area contributed by atoms with Gasteiger partial charge in [-0.05, 0) is 67.8 Å². The Morgan fingerprint density at radius 2 is 1.94 bits per heavy atom. The van der Waals surface area contributed by atoms with Crippen LogP contribution in [0.4, 0.5) is 10.1 Å². The van der Waals surface area contributed by atoms with Gasteiger partial charge in [0, 0.05) is 35.3 Å². The molecular weight excluding hydrogens is 427 g/mol. The Balaban J connectivity index is 1.21. The van der Waals surface area contributed by atoms with Crippen LogP contribution >= 0.6 is 11.8 Å². The number of benzene rings is 2. The van der Waals surface area contributed by atoms with Crippen LogP contribution in [0.2, 0.25) is 0 Å². The summed E-state index contributed by atoms with van der Waals surface area (Å²) in [6.07, 6.45) is 3.74. The first-order chi connectivity index (χ1) is 15.5. The molecule has 3 aromatic rings. The summed E-state index contributed by atoms with van der Waals surface area (Å²) in [6, 6.07) is 13.8. The molecule has 6 nitrogen and oxygen atoms in total. The van der Waals surface area contributed by atoms with Crippen molar-refractivity contribution in [1.29, 1.82) is 0 Å². The zero-order valence-electron chi connectivity index (χ0n) is 17.9. The quantitative estimate of drug-likeness (QED) is 0.484. The number of halogens is 1. The zero-order valence-corrected chi connectivity index (χ0v) is 18.7. The third-order valence-electron chi connectivity index (χ3n) is 5.42. The second-order valence-electron chi connectivity index (χ2n) is 7.87. The van der Waals surface area contributed by atoms with Crippen molar-refractivity contribution in [2.24, 2.45) is 0 Å². The van der Waals surface area contributed by atoms with Crippen LogP contribution in [0.25, 0.3) is 11.3 Å². The molecule has 1 aliphatic heterocycles. The number of hydrogen-bond acceptors (Lipinski definition) is 4. The lowest BCUT2D eigenvalue weighted by Gasteiger charge is -2.20. The third kappa shape index (κ3) is 5.37. The first-order valence-corrected chi connectivity index (χ1v) is 11.6. The number of aromatic amines is 1. The van der Waals surface area contributed by atoms with Crippen molar-refractivity contribution >= 4 is 29.3 Å². The lowest BCUT2D eigenvalue weighted by Crippen LogP contribution is -2.28. The zero-order chi connectivity index (χ0) is 22.5. The number of hydrogen-bond donors (Lipinski definition) is 2. The molecule has 0 bridgehead atoms. The number of nitrogens with zero attached hydrogens (tertiary/aromatic N) is 2. The smallest absolute Gasteiger partial charge is 0.253 e. The van der Waals surface area contributed by atoms with E-state index in [1.54, 1.807) is 30.1 Å². The number of aromatic nitrogens is 2. The lowest BCUT2D eigenvalue weighted by molar-refractivity contribution is -0.113. The molecule has 32 heavy (non-hydrogen) atoms.